The molecule has 0 radical (unpaired) electrons. The van der Waals surface area contributed by atoms with E-state index in [-0.39, 0.29) is 0 Å². The van der Waals surface area contributed by atoms with E-state index in [0.717, 1.165) is 6.54 Å². The summed E-state index contributed by atoms with van der Waals surface area (Å²) in [6.07, 6.45) is 6.57. The van der Waals surface area contributed by atoms with Gasteiger partial charge in [-0.05, 0) is 23.3 Å². The highest BCUT2D eigenvalue weighted by molar-refractivity contribution is 5.69. The van der Waals surface area contributed by atoms with E-state index in [0.29, 0.717) is 0 Å². The molecule has 3 rings (SSSR count). The van der Waals surface area contributed by atoms with E-state index in [9.17, 15) is 0 Å². The summed E-state index contributed by atoms with van der Waals surface area (Å²) < 4.78 is 2.27. The summed E-state index contributed by atoms with van der Waals surface area (Å²) in [6.45, 7) is 1.02. The van der Waals surface area contributed by atoms with Gasteiger partial charge in [-0.3, -0.25) is 0 Å². The monoisotopic (exact) mass is 155 g/mol. The molecule has 2 aliphatic heterocycles. The van der Waals surface area contributed by atoms with Crippen LogP contribution in [0.5, 0.6) is 0 Å². The van der Waals surface area contributed by atoms with Gasteiger partial charge in [0.1, 0.15) is 0 Å². The largest absolute Gasteiger partial charge is 0.344 e. The first-order valence-electron chi connectivity index (χ1n) is 4.19. The summed E-state index contributed by atoms with van der Waals surface area (Å²) in [7, 11) is 0. The Morgan fingerprint density at radius 3 is 3.08 bits per heavy atom. The van der Waals surface area contributed by atoms with Crippen molar-refractivity contribution in [2.75, 3.05) is 0 Å². The zero-order chi connectivity index (χ0) is 7.97. The van der Waals surface area contributed by atoms with Gasteiger partial charge < -0.3 is 4.57 Å². The molecule has 0 N–H and O–H groups in total. The summed E-state index contributed by atoms with van der Waals surface area (Å²) in [5, 5.41) is 0. The summed E-state index contributed by atoms with van der Waals surface area (Å²) in [5.74, 6) is 0. The average Bonchev–Trinajstić information content (AvgIpc) is 2.64. The van der Waals surface area contributed by atoms with Crippen LogP contribution in [0.15, 0.2) is 36.5 Å². The van der Waals surface area contributed by atoms with Crippen LogP contribution in [0.2, 0.25) is 0 Å². The maximum atomic E-state index is 2.27. The molecule has 0 saturated heterocycles. The van der Waals surface area contributed by atoms with Crippen LogP contribution in [0.25, 0.3) is 17.2 Å². The molecule has 1 heteroatoms. The van der Waals surface area contributed by atoms with Crippen LogP contribution in [0.3, 0.4) is 0 Å². The van der Waals surface area contributed by atoms with E-state index in [2.05, 4.69) is 47.2 Å². The molecular weight excluding hydrogens is 146 g/mol. The van der Waals surface area contributed by atoms with E-state index in [4.69, 9.17) is 0 Å². The molecule has 0 atom stereocenters. The number of pyridine rings is 1. The number of fused-ring (bicyclic) bond motifs is 2. The number of nitrogens with zero attached hydrogens (tertiary/aromatic N) is 1. The van der Waals surface area contributed by atoms with Gasteiger partial charge in [0, 0.05) is 18.4 Å². The van der Waals surface area contributed by atoms with Crippen molar-refractivity contribution >= 4 is 6.08 Å². The first-order valence-corrected chi connectivity index (χ1v) is 4.19. The van der Waals surface area contributed by atoms with Crippen LogP contribution >= 0.6 is 0 Å². The van der Waals surface area contributed by atoms with Crippen LogP contribution in [0.1, 0.15) is 5.69 Å². The minimum atomic E-state index is 1.02. The fourth-order valence-corrected chi connectivity index (χ4v) is 1.77. The van der Waals surface area contributed by atoms with Crippen molar-refractivity contribution in [1.29, 1.82) is 0 Å². The van der Waals surface area contributed by atoms with Crippen molar-refractivity contribution in [2.24, 2.45) is 0 Å². The quantitative estimate of drug-likeness (QED) is 0.551. The number of rotatable bonds is 0. The molecule has 1 aliphatic carbocycles. The lowest BCUT2D eigenvalue weighted by Gasteiger charge is -2.07. The highest BCUT2D eigenvalue weighted by Gasteiger charge is 2.07. The first kappa shape index (κ1) is 6.06. The van der Waals surface area contributed by atoms with Crippen LogP contribution in [0.4, 0.5) is 0 Å². The predicted molar refractivity (Wildman–Crippen MR) is 50.1 cm³/mol. The van der Waals surface area contributed by atoms with Crippen molar-refractivity contribution in [3.63, 3.8) is 0 Å². The van der Waals surface area contributed by atoms with Gasteiger partial charge >= 0.3 is 0 Å². The normalized spacial score (nSPS) is 14.0. The lowest BCUT2D eigenvalue weighted by atomic mass is 10.1. The molecule has 0 saturated carbocycles. The van der Waals surface area contributed by atoms with Crippen LogP contribution in [-0.4, -0.2) is 4.57 Å². The fraction of sp³-hybridized carbons (Fsp3) is 0.0909. The Morgan fingerprint density at radius 2 is 2.08 bits per heavy atom. The number of hydrogen-bond acceptors (Lipinski definition) is 0. The Kier molecular flexibility index (Phi) is 1.01. The van der Waals surface area contributed by atoms with E-state index in [1.54, 1.807) is 0 Å². The van der Waals surface area contributed by atoms with E-state index in [1.807, 2.05) is 0 Å². The van der Waals surface area contributed by atoms with Crippen molar-refractivity contribution < 1.29 is 0 Å². The molecule has 0 aromatic heterocycles. The van der Waals surface area contributed by atoms with Crippen molar-refractivity contribution in [3.05, 3.63) is 42.2 Å². The molecule has 58 valence electrons. The molecule has 12 heavy (non-hydrogen) atoms. The third-order valence-electron chi connectivity index (χ3n) is 2.41. The lowest BCUT2D eigenvalue weighted by Crippen LogP contribution is -1.96. The maximum absolute atomic E-state index is 2.27. The SMILES string of the molecule is C1=Cc2cc3cccc-3cn2C1. The fourth-order valence-electron chi connectivity index (χ4n) is 1.77. The molecule has 0 spiro atoms. The Hall–Kier alpha value is -1.50. The van der Waals surface area contributed by atoms with Gasteiger partial charge in [0.25, 0.3) is 0 Å². The number of hydrogen-bond donors (Lipinski definition) is 0. The second-order valence-corrected chi connectivity index (χ2v) is 3.19. The number of allylic oxidation sites excluding steroid dienone is 1. The number of aromatic nitrogens is 1. The first-order chi connectivity index (χ1) is 5.93. The zero-order valence-corrected chi connectivity index (χ0v) is 6.70. The molecule has 0 bridgehead atoms. The molecular formula is C11H9N. The van der Waals surface area contributed by atoms with Gasteiger partial charge in [0.2, 0.25) is 0 Å². The molecule has 0 unspecified atom stereocenters. The zero-order valence-electron chi connectivity index (χ0n) is 6.70. The highest BCUT2D eigenvalue weighted by atomic mass is 15.0. The van der Waals surface area contributed by atoms with Gasteiger partial charge in [-0.2, -0.15) is 0 Å². The third-order valence-corrected chi connectivity index (χ3v) is 2.41. The van der Waals surface area contributed by atoms with Gasteiger partial charge in [-0.25, -0.2) is 0 Å². The summed E-state index contributed by atoms with van der Waals surface area (Å²) in [6, 6.07) is 8.65. The van der Waals surface area contributed by atoms with Gasteiger partial charge in [-0.1, -0.05) is 24.3 Å². The molecule has 1 nitrogen and oxygen atoms in total. The van der Waals surface area contributed by atoms with Crippen molar-refractivity contribution in [3.8, 4) is 11.1 Å². The standard InChI is InChI=1S/C11H9N/c1-3-9-7-11-5-2-6-12(11)8-10(9)4-1/h1-5,7-8H,6H2. The Labute approximate surface area is 71.3 Å². The average molecular weight is 155 g/mol. The highest BCUT2D eigenvalue weighted by Crippen LogP contribution is 2.26. The van der Waals surface area contributed by atoms with E-state index < -0.39 is 0 Å². The second kappa shape index (κ2) is 2.01. The summed E-state index contributed by atoms with van der Waals surface area (Å²) in [5.41, 5.74) is 3.99. The van der Waals surface area contributed by atoms with Crippen molar-refractivity contribution in [2.45, 2.75) is 6.54 Å². The molecule has 3 aliphatic rings. The molecule has 0 amide bonds. The van der Waals surface area contributed by atoms with Crippen LogP contribution < -0.4 is 0 Å². The van der Waals surface area contributed by atoms with E-state index >= 15 is 0 Å². The van der Waals surface area contributed by atoms with Crippen LogP contribution in [-0.2, 0) is 6.54 Å². The molecule has 0 aromatic rings. The summed E-state index contributed by atoms with van der Waals surface area (Å²) in [4.78, 5) is 0. The lowest BCUT2D eigenvalue weighted by molar-refractivity contribution is 0.831. The predicted octanol–water partition coefficient (Wildman–Crippen LogP) is 2.62. The van der Waals surface area contributed by atoms with Gasteiger partial charge in [-0.15, -0.1) is 0 Å². The van der Waals surface area contributed by atoms with E-state index in [1.165, 1.54) is 16.8 Å². The van der Waals surface area contributed by atoms with Crippen molar-refractivity contribution in [1.82, 2.24) is 4.57 Å². The summed E-state index contributed by atoms with van der Waals surface area (Å²) >= 11 is 0. The molecule has 0 aromatic carbocycles. The Morgan fingerprint density at radius 1 is 1.17 bits per heavy atom. The van der Waals surface area contributed by atoms with Gasteiger partial charge in [0.15, 0.2) is 0 Å². The maximum Gasteiger partial charge on any atom is 0.0412 e. The minimum Gasteiger partial charge on any atom is -0.344 e. The third kappa shape index (κ3) is 0.681. The smallest absolute Gasteiger partial charge is 0.0412 e. The minimum absolute atomic E-state index is 1.02. The Bertz CT molecular complexity index is 423. The van der Waals surface area contributed by atoms with Crippen LogP contribution in [0, 0.1) is 0 Å². The van der Waals surface area contributed by atoms with Gasteiger partial charge in [0.05, 0.1) is 0 Å². The molecule has 0 fully saturated rings. The Balaban J connectivity index is 2.38. The molecule has 2 heterocycles. The topological polar surface area (TPSA) is 4.93 Å². The second-order valence-electron chi connectivity index (χ2n) is 3.19.